The molecule has 1 N–H and O–H groups in total. The van der Waals surface area contributed by atoms with Crippen LogP contribution >= 0.6 is 0 Å². The Morgan fingerprint density at radius 1 is 1.14 bits per heavy atom. The molecule has 0 bridgehead atoms. The lowest BCUT2D eigenvalue weighted by Crippen LogP contribution is -2.13. The van der Waals surface area contributed by atoms with Crippen LogP contribution in [0.4, 0.5) is 17.6 Å². The average molecular weight is 319 g/mol. The van der Waals surface area contributed by atoms with Gasteiger partial charge in [-0.3, -0.25) is 0 Å². The van der Waals surface area contributed by atoms with E-state index in [1.54, 1.807) is 0 Å². The van der Waals surface area contributed by atoms with Gasteiger partial charge in [0.05, 0.1) is 12.7 Å². The van der Waals surface area contributed by atoms with Gasteiger partial charge in [-0.05, 0) is 0 Å². The lowest BCUT2D eigenvalue weighted by Gasteiger charge is -2.08. The third-order valence-electron chi connectivity index (χ3n) is 2.63. The number of carbonyl (C=O) groups is 2. The predicted octanol–water partition coefficient (Wildman–Crippen LogP) is 2.38. The zero-order chi connectivity index (χ0) is 16.6. The lowest BCUT2D eigenvalue weighted by molar-refractivity contribution is 0.0586. The maximum Gasteiger partial charge on any atom is 0.358 e. The van der Waals surface area contributed by atoms with E-state index >= 15 is 0 Å². The molecule has 0 fully saturated rings. The highest BCUT2D eigenvalue weighted by Crippen LogP contribution is 2.32. The number of methoxy groups -OCH3 is 1. The molecule has 0 atom stereocenters. The Morgan fingerprint density at radius 3 is 2.09 bits per heavy atom. The highest BCUT2D eigenvalue weighted by molar-refractivity contribution is 5.91. The fourth-order valence-corrected chi connectivity index (χ4v) is 1.62. The number of ether oxygens (including phenoxy) is 1. The van der Waals surface area contributed by atoms with Crippen molar-refractivity contribution >= 4 is 11.9 Å². The predicted molar refractivity (Wildman–Crippen MR) is 60.1 cm³/mol. The first-order valence-corrected chi connectivity index (χ1v) is 5.44. The van der Waals surface area contributed by atoms with E-state index in [0.29, 0.717) is 6.07 Å². The molecule has 1 heterocycles. The van der Waals surface area contributed by atoms with Gasteiger partial charge in [0, 0.05) is 6.07 Å². The van der Waals surface area contributed by atoms with E-state index in [2.05, 4.69) is 14.4 Å². The third-order valence-corrected chi connectivity index (χ3v) is 2.63. The second-order valence-corrected chi connectivity index (χ2v) is 3.88. The van der Waals surface area contributed by atoms with Crippen LogP contribution in [0.25, 0.3) is 11.3 Å². The van der Waals surface area contributed by atoms with Gasteiger partial charge in [-0.25, -0.2) is 27.2 Å². The Balaban J connectivity index is 2.72. The van der Waals surface area contributed by atoms with Gasteiger partial charge in [-0.2, -0.15) is 0 Å². The van der Waals surface area contributed by atoms with Gasteiger partial charge < -0.3 is 14.4 Å². The second-order valence-electron chi connectivity index (χ2n) is 3.88. The first-order chi connectivity index (χ1) is 10.3. The van der Waals surface area contributed by atoms with Crippen LogP contribution in [-0.2, 0) is 4.74 Å². The molecule has 10 heteroatoms. The fraction of sp³-hybridized carbons (Fsp3) is 0.0833. The summed E-state index contributed by atoms with van der Waals surface area (Å²) in [6.07, 6.45) is 0. The van der Waals surface area contributed by atoms with E-state index in [-0.39, 0.29) is 0 Å². The largest absolute Gasteiger partial charge is 0.476 e. The normalized spacial score (nSPS) is 10.6. The molecule has 6 nitrogen and oxygen atoms in total. The number of carboxylic acids is 1. The zero-order valence-corrected chi connectivity index (χ0v) is 10.6. The summed E-state index contributed by atoms with van der Waals surface area (Å²) in [6.45, 7) is 0. The van der Waals surface area contributed by atoms with Crippen molar-refractivity contribution in [2.75, 3.05) is 7.11 Å². The van der Waals surface area contributed by atoms with E-state index in [4.69, 9.17) is 5.11 Å². The first-order valence-electron chi connectivity index (χ1n) is 5.44. The van der Waals surface area contributed by atoms with Crippen molar-refractivity contribution in [1.82, 2.24) is 5.16 Å². The van der Waals surface area contributed by atoms with Crippen LogP contribution in [-0.4, -0.2) is 29.3 Å². The number of aromatic nitrogens is 1. The summed E-state index contributed by atoms with van der Waals surface area (Å²) in [5.74, 6) is -12.0. The number of hydrogen-bond acceptors (Lipinski definition) is 5. The molecule has 116 valence electrons. The summed E-state index contributed by atoms with van der Waals surface area (Å²) in [5.41, 5.74) is -3.62. The number of carbonyl (C=O) groups excluding carboxylic acids is 1. The zero-order valence-electron chi connectivity index (χ0n) is 10.6. The van der Waals surface area contributed by atoms with Crippen LogP contribution in [0.3, 0.4) is 0 Å². The number of benzene rings is 1. The summed E-state index contributed by atoms with van der Waals surface area (Å²) < 4.78 is 63.6. The van der Waals surface area contributed by atoms with Gasteiger partial charge in [0.15, 0.2) is 34.7 Å². The van der Waals surface area contributed by atoms with Crippen molar-refractivity contribution in [3.8, 4) is 11.3 Å². The molecule has 2 rings (SSSR count). The molecule has 0 aliphatic heterocycles. The van der Waals surface area contributed by atoms with Crippen LogP contribution < -0.4 is 0 Å². The molecule has 0 aliphatic rings. The van der Waals surface area contributed by atoms with E-state index in [0.717, 1.165) is 7.11 Å². The molecular weight excluding hydrogens is 314 g/mol. The minimum atomic E-state index is -2.01. The number of hydrogen-bond donors (Lipinski definition) is 1. The Bertz CT molecular complexity index is 757. The number of carboxylic acid groups (broad SMARTS) is 1. The number of esters is 1. The van der Waals surface area contributed by atoms with Crippen molar-refractivity contribution in [3.63, 3.8) is 0 Å². The van der Waals surface area contributed by atoms with Gasteiger partial charge >= 0.3 is 11.9 Å². The highest BCUT2D eigenvalue weighted by atomic mass is 19.2. The van der Waals surface area contributed by atoms with Gasteiger partial charge in [0.25, 0.3) is 0 Å². The summed E-state index contributed by atoms with van der Waals surface area (Å²) >= 11 is 0. The van der Waals surface area contributed by atoms with Crippen molar-refractivity contribution in [2.45, 2.75) is 0 Å². The molecular formula is C12H5F4NO5. The van der Waals surface area contributed by atoms with Crippen molar-refractivity contribution in [2.24, 2.45) is 0 Å². The number of nitrogens with zero attached hydrogens (tertiary/aromatic N) is 1. The molecule has 0 spiro atoms. The second kappa shape index (κ2) is 5.47. The maximum absolute atomic E-state index is 13.9. The van der Waals surface area contributed by atoms with Crippen LogP contribution in [0.1, 0.15) is 20.8 Å². The minimum Gasteiger partial charge on any atom is -0.476 e. The Kier molecular flexibility index (Phi) is 3.85. The Hall–Kier alpha value is -2.91. The van der Waals surface area contributed by atoms with E-state index in [1.807, 2.05) is 0 Å². The number of halogens is 4. The molecule has 1 aromatic carbocycles. The van der Waals surface area contributed by atoms with Gasteiger partial charge in [0.1, 0.15) is 5.56 Å². The molecule has 0 saturated heterocycles. The van der Waals surface area contributed by atoms with Crippen LogP contribution in [0, 0.1) is 23.3 Å². The molecule has 2 aromatic rings. The molecule has 0 saturated carbocycles. The maximum atomic E-state index is 13.9. The van der Waals surface area contributed by atoms with Crippen molar-refractivity contribution < 1.29 is 41.5 Å². The molecule has 1 aromatic heterocycles. The summed E-state index contributed by atoms with van der Waals surface area (Å²) in [6, 6.07) is 0.570. The van der Waals surface area contributed by atoms with Crippen molar-refractivity contribution in [3.05, 3.63) is 40.6 Å². The van der Waals surface area contributed by atoms with Gasteiger partial charge in [-0.1, -0.05) is 5.16 Å². The average Bonchev–Trinajstić information content (AvgIpc) is 2.95. The summed E-state index contributed by atoms with van der Waals surface area (Å²) in [4.78, 5) is 21.8. The SMILES string of the molecule is COC(=O)c1c(F)c(F)c(-c2cc(C(=O)O)no2)c(F)c1F. The first kappa shape index (κ1) is 15.5. The molecule has 0 unspecified atom stereocenters. The summed E-state index contributed by atoms with van der Waals surface area (Å²) in [7, 11) is 0.764. The third kappa shape index (κ3) is 2.28. The summed E-state index contributed by atoms with van der Waals surface area (Å²) in [5, 5.41) is 11.6. The van der Waals surface area contributed by atoms with Crippen LogP contribution in [0.5, 0.6) is 0 Å². The van der Waals surface area contributed by atoms with Crippen LogP contribution in [0.2, 0.25) is 0 Å². The molecule has 22 heavy (non-hydrogen) atoms. The molecule has 0 amide bonds. The van der Waals surface area contributed by atoms with Gasteiger partial charge in [-0.15, -0.1) is 0 Å². The molecule has 0 aliphatic carbocycles. The van der Waals surface area contributed by atoms with E-state index in [1.165, 1.54) is 0 Å². The monoisotopic (exact) mass is 319 g/mol. The smallest absolute Gasteiger partial charge is 0.358 e. The lowest BCUT2D eigenvalue weighted by atomic mass is 10.1. The van der Waals surface area contributed by atoms with E-state index < -0.39 is 57.8 Å². The minimum absolute atomic E-state index is 0.570. The molecule has 0 radical (unpaired) electrons. The van der Waals surface area contributed by atoms with Crippen LogP contribution in [0.15, 0.2) is 10.6 Å². The number of aromatic carboxylic acids is 1. The van der Waals surface area contributed by atoms with Gasteiger partial charge in [0.2, 0.25) is 0 Å². The topological polar surface area (TPSA) is 89.6 Å². The Morgan fingerprint density at radius 2 is 1.68 bits per heavy atom. The van der Waals surface area contributed by atoms with Crippen molar-refractivity contribution in [1.29, 1.82) is 0 Å². The fourth-order valence-electron chi connectivity index (χ4n) is 1.62. The highest BCUT2D eigenvalue weighted by Gasteiger charge is 2.32. The Labute approximate surface area is 118 Å². The number of rotatable bonds is 3. The quantitative estimate of drug-likeness (QED) is 0.531. The van der Waals surface area contributed by atoms with E-state index in [9.17, 15) is 27.2 Å². The standard InChI is InChI=1S/C12H5F4NO5/c1-21-12(20)6-9(15)7(13)5(8(14)10(6)16)4-2-3(11(18)19)17-22-4/h2H,1H3,(H,18,19).